The van der Waals surface area contributed by atoms with Crippen molar-refractivity contribution in [2.45, 2.75) is 45.0 Å². The number of hydrogen-bond donors (Lipinski definition) is 0. The van der Waals surface area contributed by atoms with Crippen molar-refractivity contribution in [2.24, 2.45) is 5.92 Å². The third-order valence-electron chi connectivity index (χ3n) is 3.44. The van der Waals surface area contributed by atoms with Crippen molar-refractivity contribution in [3.05, 3.63) is 28.8 Å². The van der Waals surface area contributed by atoms with Crippen molar-refractivity contribution in [3.63, 3.8) is 0 Å². The number of hydrogen-bond acceptors (Lipinski definition) is 1. The molecule has 1 aliphatic rings. The van der Waals surface area contributed by atoms with E-state index >= 15 is 0 Å². The molecule has 2 rings (SSSR count). The highest BCUT2D eigenvalue weighted by Gasteiger charge is 2.30. The van der Waals surface area contributed by atoms with Gasteiger partial charge in [-0.15, -0.1) is 11.6 Å². The second-order valence-corrected chi connectivity index (χ2v) is 6.22. The van der Waals surface area contributed by atoms with Gasteiger partial charge in [0, 0.05) is 29.2 Å². The lowest BCUT2D eigenvalue weighted by Gasteiger charge is -2.28. The smallest absolute Gasteiger partial charge is 0.0494 e. The van der Waals surface area contributed by atoms with Gasteiger partial charge in [-0.05, 0) is 42.9 Å². The molecule has 0 saturated heterocycles. The molecule has 1 aliphatic carbocycles. The van der Waals surface area contributed by atoms with Crippen LogP contribution in [0.5, 0.6) is 0 Å². The molecule has 18 heavy (non-hydrogen) atoms. The standard InChI is InChI=1S/C15H21Cl2N/c1-11(2)7-8-18(14-5-6-14)15-9-13(17)4-3-12(15)10-16/h3-4,9,11,14H,5-8,10H2,1-2H3. The quantitative estimate of drug-likeness (QED) is 0.658. The fourth-order valence-corrected chi connectivity index (χ4v) is 2.59. The minimum atomic E-state index is 0.553. The van der Waals surface area contributed by atoms with Gasteiger partial charge in [0.2, 0.25) is 0 Å². The molecule has 0 bridgehead atoms. The summed E-state index contributed by atoms with van der Waals surface area (Å²) in [6.07, 6.45) is 3.81. The van der Waals surface area contributed by atoms with Crippen LogP contribution < -0.4 is 4.90 Å². The molecule has 100 valence electrons. The molecular weight excluding hydrogens is 265 g/mol. The Morgan fingerprint density at radius 3 is 2.61 bits per heavy atom. The molecule has 0 radical (unpaired) electrons. The zero-order valence-corrected chi connectivity index (χ0v) is 12.6. The van der Waals surface area contributed by atoms with E-state index in [0.29, 0.717) is 11.9 Å². The first-order chi connectivity index (χ1) is 8.61. The van der Waals surface area contributed by atoms with Crippen LogP contribution in [-0.4, -0.2) is 12.6 Å². The molecule has 0 aromatic heterocycles. The van der Waals surface area contributed by atoms with Crippen molar-refractivity contribution in [2.75, 3.05) is 11.4 Å². The fourth-order valence-electron chi connectivity index (χ4n) is 2.20. The zero-order valence-electron chi connectivity index (χ0n) is 11.1. The van der Waals surface area contributed by atoms with Crippen molar-refractivity contribution in [1.29, 1.82) is 0 Å². The second-order valence-electron chi connectivity index (χ2n) is 5.51. The van der Waals surface area contributed by atoms with Crippen molar-refractivity contribution in [3.8, 4) is 0 Å². The molecule has 3 heteroatoms. The Labute approximate surface area is 120 Å². The summed E-state index contributed by atoms with van der Waals surface area (Å²) in [4.78, 5) is 2.50. The third kappa shape index (κ3) is 3.55. The van der Waals surface area contributed by atoms with E-state index in [9.17, 15) is 0 Å². The Kier molecular flexibility index (Phi) is 4.80. The Morgan fingerprint density at radius 2 is 2.06 bits per heavy atom. The summed E-state index contributed by atoms with van der Waals surface area (Å²) in [6.45, 7) is 5.64. The van der Waals surface area contributed by atoms with E-state index < -0.39 is 0 Å². The van der Waals surface area contributed by atoms with Crippen LogP contribution in [-0.2, 0) is 5.88 Å². The van der Waals surface area contributed by atoms with Crippen LogP contribution in [0.15, 0.2) is 18.2 Å². The van der Waals surface area contributed by atoms with Gasteiger partial charge < -0.3 is 4.90 Å². The van der Waals surface area contributed by atoms with E-state index in [-0.39, 0.29) is 0 Å². The molecule has 0 unspecified atom stereocenters. The SMILES string of the molecule is CC(C)CCN(c1cc(Cl)ccc1CCl)C1CC1. The lowest BCUT2D eigenvalue weighted by atomic mass is 10.1. The second kappa shape index (κ2) is 6.16. The predicted molar refractivity (Wildman–Crippen MR) is 80.8 cm³/mol. The van der Waals surface area contributed by atoms with Crippen LogP contribution in [0.3, 0.4) is 0 Å². The summed E-state index contributed by atoms with van der Waals surface area (Å²) < 4.78 is 0. The van der Waals surface area contributed by atoms with Crippen LogP contribution >= 0.6 is 23.2 Å². The largest absolute Gasteiger partial charge is 0.368 e. The summed E-state index contributed by atoms with van der Waals surface area (Å²) >= 11 is 12.2. The number of nitrogens with zero attached hydrogens (tertiary/aromatic N) is 1. The van der Waals surface area contributed by atoms with E-state index in [1.54, 1.807) is 0 Å². The molecule has 0 atom stereocenters. The summed E-state index contributed by atoms with van der Waals surface area (Å²) in [5.74, 6) is 1.28. The Balaban J connectivity index is 2.21. The lowest BCUT2D eigenvalue weighted by molar-refractivity contribution is 0.570. The lowest BCUT2D eigenvalue weighted by Crippen LogP contribution is -2.28. The van der Waals surface area contributed by atoms with Crippen molar-refractivity contribution >= 4 is 28.9 Å². The highest BCUT2D eigenvalue weighted by molar-refractivity contribution is 6.31. The highest BCUT2D eigenvalue weighted by atomic mass is 35.5. The summed E-state index contributed by atoms with van der Waals surface area (Å²) in [6, 6.07) is 6.74. The minimum Gasteiger partial charge on any atom is -0.368 e. The molecule has 0 amide bonds. The monoisotopic (exact) mass is 285 g/mol. The first-order valence-electron chi connectivity index (χ1n) is 6.73. The minimum absolute atomic E-state index is 0.553. The molecule has 0 aliphatic heterocycles. The maximum absolute atomic E-state index is 6.14. The third-order valence-corrected chi connectivity index (χ3v) is 3.96. The van der Waals surface area contributed by atoms with Crippen LogP contribution in [0, 0.1) is 5.92 Å². The van der Waals surface area contributed by atoms with E-state index in [1.807, 2.05) is 6.07 Å². The average molecular weight is 286 g/mol. The average Bonchev–Trinajstić information content (AvgIpc) is 3.14. The number of benzene rings is 1. The molecule has 0 heterocycles. The predicted octanol–water partition coefficient (Wildman–Crippen LogP) is 5.09. The van der Waals surface area contributed by atoms with Gasteiger partial charge in [0.25, 0.3) is 0 Å². The van der Waals surface area contributed by atoms with E-state index in [0.717, 1.165) is 17.5 Å². The van der Waals surface area contributed by atoms with Gasteiger partial charge in [-0.2, -0.15) is 0 Å². The number of alkyl halides is 1. The van der Waals surface area contributed by atoms with Crippen molar-refractivity contribution in [1.82, 2.24) is 0 Å². The van der Waals surface area contributed by atoms with Gasteiger partial charge in [0.1, 0.15) is 0 Å². The van der Waals surface area contributed by atoms with E-state index in [1.165, 1.54) is 30.5 Å². The highest BCUT2D eigenvalue weighted by Crippen LogP contribution is 2.36. The van der Waals surface area contributed by atoms with Crippen LogP contribution in [0.2, 0.25) is 5.02 Å². The van der Waals surface area contributed by atoms with E-state index in [2.05, 4.69) is 30.9 Å². The zero-order chi connectivity index (χ0) is 13.1. The van der Waals surface area contributed by atoms with Crippen LogP contribution in [0.25, 0.3) is 0 Å². The van der Waals surface area contributed by atoms with E-state index in [4.69, 9.17) is 23.2 Å². The fraction of sp³-hybridized carbons (Fsp3) is 0.600. The van der Waals surface area contributed by atoms with Gasteiger partial charge >= 0.3 is 0 Å². The number of rotatable bonds is 6. The summed E-state index contributed by atoms with van der Waals surface area (Å²) in [7, 11) is 0. The number of anilines is 1. The first kappa shape index (κ1) is 14.0. The Hall–Kier alpha value is -0.400. The van der Waals surface area contributed by atoms with Gasteiger partial charge in [0.05, 0.1) is 0 Å². The molecule has 1 saturated carbocycles. The maximum atomic E-state index is 6.14. The van der Waals surface area contributed by atoms with Gasteiger partial charge in [0.15, 0.2) is 0 Å². The molecule has 0 spiro atoms. The molecule has 1 aromatic carbocycles. The molecular formula is C15H21Cl2N. The van der Waals surface area contributed by atoms with Crippen LogP contribution in [0.4, 0.5) is 5.69 Å². The van der Waals surface area contributed by atoms with Crippen LogP contribution in [0.1, 0.15) is 38.7 Å². The molecule has 1 fully saturated rings. The summed E-state index contributed by atoms with van der Waals surface area (Å²) in [5.41, 5.74) is 2.43. The Morgan fingerprint density at radius 1 is 1.33 bits per heavy atom. The number of halogens is 2. The van der Waals surface area contributed by atoms with Crippen molar-refractivity contribution < 1.29 is 0 Å². The Bertz CT molecular complexity index is 399. The normalized spacial score (nSPS) is 15.2. The summed E-state index contributed by atoms with van der Waals surface area (Å²) in [5, 5.41) is 0.800. The van der Waals surface area contributed by atoms with Gasteiger partial charge in [-0.3, -0.25) is 0 Å². The maximum Gasteiger partial charge on any atom is 0.0494 e. The molecule has 1 aromatic rings. The van der Waals surface area contributed by atoms with Gasteiger partial charge in [-0.25, -0.2) is 0 Å². The van der Waals surface area contributed by atoms with Gasteiger partial charge in [-0.1, -0.05) is 31.5 Å². The topological polar surface area (TPSA) is 3.24 Å². The first-order valence-corrected chi connectivity index (χ1v) is 7.64. The molecule has 1 nitrogen and oxygen atoms in total. The molecule has 0 N–H and O–H groups in total.